The minimum atomic E-state index is -0.889. The Labute approximate surface area is 189 Å². The number of unbranched alkanes of at least 4 members (excludes halogenated alkanes) is 2. The first-order chi connectivity index (χ1) is 15.1. The summed E-state index contributed by atoms with van der Waals surface area (Å²) in [6.07, 6.45) is 2.29. The number of nitrogens with zero attached hydrogens (tertiary/aromatic N) is 1. The van der Waals surface area contributed by atoms with Crippen molar-refractivity contribution in [3.8, 4) is 11.8 Å². The summed E-state index contributed by atoms with van der Waals surface area (Å²) in [7, 11) is 1.24. The number of amides is 2. The summed E-state index contributed by atoms with van der Waals surface area (Å²) < 4.78 is 15.1. The lowest BCUT2D eigenvalue weighted by Gasteiger charge is -2.23. The van der Waals surface area contributed by atoms with Gasteiger partial charge in [0.2, 0.25) is 5.91 Å². The van der Waals surface area contributed by atoms with Crippen LogP contribution in [0.25, 0.3) is 0 Å². The number of esters is 1. The summed E-state index contributed by atoms with van der Waals surface area (Å²) in [5, 5.41) is 14.9. The van der Waals surface area contributed by atoms with Crippen LogP contribution >= 0.6 is 0 Å². The fourth-order valence-electron chi connectivity index (χ4n) is 2.72. The quantitative estimate of drug-likeness (QED) is 0.394. The van der Waals surface area contributed by atoms with E-state index in [0.717, 1.165) is 19.3 Å². The van der Waals surface area contributed by atoms with Gasteiger partial charge in [0, 0.05) is 13.0 Å². The van der Waals surface area contributed by atoms with Crippen LogP contribution in [0.3, 0.4) is 0 Å². The summed E-state index contributed by atoms with van der Waals surface area (Å²) in [6.45, 7) is 7.45. The van der Waals surface area contributed by atoms with Gasteiger partial charge < -0.3 is 24.8 Å². The van der Waals surface area contributed by atoms with E-state index in [0.29, 0.717) is 12.1 Å². The molecule has 176 valence electrons. The van der Waals surface area contributed by atoms with Crippen molar-refractivity contribution in [2.75, 3.05) is 20.3 Å². The van der Waals surface area contributed by atoms with Crippen LogP contribution in [-0.2, 0) is 25.5 Å². The van der Waals surface area contributed by atoms with E-state index in [2.05, 4.69) is 22.3 Å². The fourth-order valence-corrected chi connectivity index (χ4v) is 2.72. The van der Waals surface area contributed by atoms with Crippen molar-refractivity contribution in [3.05, 3.63) is 29.3 Å². The molecule has 2 N–H and O–H groups in total. The average Bonchev–Trinajstić information content (AvgIpc) is 2.73. The number of hydrogen-bond donors (Lipinski definition) is 2. The Bertz CT molecular complexity index is 826. The highest BCUT2D eigenvalue weighted by molar-refractivity contribution is 5.86. The van der Waals surface area contributed by atoms with E-state index in [4.69, 9.17) is 9.47 Å². The number of carbonyl (C=O) groups is 3. The molecular weight excluding hydrogens is 414 g/mol. The van der Waals surface area contributed by atoms with Crippen molar-refractivity contribution in [1.82, 2.24) is 10.6 Å². The highest BCUT2D eigenvalue weighted by Gasteiger charge is 2.25. The van der Waals surface area contributed by atoms with Gasteiger partial charge >= 0.3 is 12.1 Å². The van der Waals surface area contributed by atoms with Crippen molar-refractivity contribution < 1.29 is 28.6 Å². The number of ether oxygens (including phenoxy) is 3. The highest BCUT2D eigenvalue weighted by Crippen LogP contribution is 2.20. The predicted molar refractivity (Wildman–Crippen MR) is 118 cm³/mol. The molecule has 0 aliphatic rings. The number of rotatable bonds is 11. The number of carbonyl (C=O) groups excluding carboxylic acids is 3. The molecule has 0 saturated heterocycles. The lowest BCUT2D eigenvalue weighted by atomic mass is 10.0. The van der Waals surface area contributed by atoms with Crippen LogP contribution in [0.4, 0.5) is 4.79 Å². The van der Waals surface area contributed by atoms with Crippen LogP contribution in [0.15, 0.2) is 18.2 Å². The smallest absolute Gasteiger partial charge is 0.408 e. The van der Waals surface area contributed by atoms with Crippen LogP contribution in [-0.4, -0.2) is 49.9 Å². The molecule has 9 nitrogen and oxygen atoms in total. The van der Waals surface area contributed by atoms with Crippen molar-refractivity contribution >= 4 is 18.0 Å². The van der Waals surface area contributed by atoms with E-state index in [1.165, 1.54) is 7.11 Å². The van der Waals surface area contributed by atoms with E-state index in [1.807, 2.05) is 6.07 Å². The monoisotopic (exact) mass is 447 g/mol. The van der Waals surface area contributed by atoms with Gasteiger partial charge in [0.1, 0.15) is 23.5 Å². The third-order valence-corrected chi connectivity index (χ3v) is 4.26. The minimum Gasteiger partial charge on any atom is -0.481 e. The minimum absolute atomic E-state index is 0.144. The van der Waals surface area contributed by atoms with Crippen molar-refractivity contribution in [1.29, 1.82) is 5.26 Å². The summed E-state index contributed by atoms with van der Waals surface area (Å²) in [5.41, 5.74) is 0.126. The molecule has 32 heavy (non-hydrogen) atoms. The van der Waals surface area contributed by atoms with E-state index in [9.17, 15) is 19.6 Å². The third-order valence-electron chi connectivity index (χ3n) is 4.26. The second kappa shape index (κ2) is 13.2. The van der Waals surface area contributed by atoms with Crippen LogP contribution in [0.5, 0.6) is 5.75 Å². The Kier molecular flexibility index (Phi) is 11.0. The summed E-state index contributed by atoms with van der Waals surface area (Å²) in [6, 6.07) is 5.89. The first-order valence-electron chi connectivity index (χ1n) is 10.6. The van der Waals surface area contributed by atoms with Crippen LogP contribution in [0.1, 0.15) is 58.1 Å². The maximum atomic E-state index is 12.7. The van der Waals surface area contributed by atoms with Gasteiger partial charge in [-0.3, -0.25) is 4.79 Å². The third kappa shape index (κ3) is 10.2. The molecule has 1 atom stereocenters. The molecule has 0 radical (unpaired) electrons. The molecule has 0 saturated carbocycles. The summed E-state index contributed by atoms with van der Waals surface area (Å²) in [4.78, 5) is 36.3. The molecule has 0 unspecified atom stereocenters. The van der Waals surface area contributed by atoms with Gasteiger partial charge in [0.05, 0.1) is 12.7 Å². The zero-order valence-electron chi connectivity index (χ0n) is 19.4. The topological polar surface area (TPSA) is 127 Å². The second-order valence-electron chi connectivity index (χ2n) is 8.21. The predicted octanol–water partition coefficient (Wildman–Crippen LogP) is 2.85. The SMILES string of the molecule is CCCCCNC(=O)[C@H](Cc1ccc(OCC(=O)OC)c(C#N)c1)NC(=O)OC(C)(C)C. The molecule has 0 aromatic heterocycles. The van der Waals surface area contributed by atoms with E-state index in [-0.39, 0.29) is 30.2 Å². The number of alkyl carbamates (subject to hydrolysis) is 1. The zero-order valence-corrected chi connectivity index (χ0v) is 19.4. The molecule has 1 rings (SSSR count). The van der Waals surface area contributed by atoms with Gasteiger partial charge in [-0.1, -0.05) is 25.8 Å². The lowest BCUT2D eigenvalue weighted by Crippen LogP contribution is -2.49. The van der Waals surface area contributed by atoms with Crippen molar-refractivity contribution in [2.45, 2.75) is 65.0 Å². The Morgan fingerprint density at radius 1 is 1.19 bits per heavy atom. The lowest BCUT2D eigenvalue weighted by molar-refractivity contribution is -0.142. The van der Waals surface area contributed by atoms with E-state index < -0.39 is 23.7 Å². The Hall–Kier alpha value is -3.28. The summed E-state index contributed by atoms with van der Waals surface area (Å²) >= 11 is 0. The van der Waals surface area contributed by atoms with Crippen molar-refractivity contribution in [3.63, 3.8) is 0 Å². The highest BCUT2D eigenvalue weighted by atomic mass is 16.6. The van der Waals surface area contributed by atoms with E-state index in [1.54, 1.807) is 39.0 Å². The van der Waals surface area contributed by atoms with Crippen LogP contribution in [0.2, 0.25) is 0 Å². The number of methoxy groups -OCH3 is 1. The Morgan fingerprint density at radius 2 is 1.91 bits per heavy atom. The van der Waals surface area contributed by atoms with Gasteiger partial charge in [-0.05, 0) is 44.9 Å². The van der Waals surface area contributed by atoms with Gasteiger partial charge in [-0.25, -0.2) is 9.59 Å². The molecular formula is C23H33N3O6. The Morgan fingerprint density at radius 3 is 2.50 bits per heavy atom. The molecule has 0 heterocycles. The maximum Gasteiger partial charge on any atom is 0.408 e. The number of hydrogen-bond acceptors (Lipinski definition) is 7. The molecule has 0 bridgehead atoms. The van der Waals surface area contributed by atoms with E-state index >= 15 is 0 Å². The molecule has 1 aromatic rings. The average molecular weight is 448 g/mol. The van der Waals surface area contributed by atoms with Crippen LogP contribution in [0, 0.1) is 11.3 Å². The van der Waals surface area contributed by atoms with Gasteiger partial charge in [0.25, 0.3) is 0 Å². The largest absolute Gasteiger partial charge is 0.481 e. The normalized spacial score (nSPS) is 11.6. The standard InChI is InChI=1S/C23H33N3O6/c1-6-7-8-11-25-21(28)18(26-22(29)32-23(2,3)4)13-16-9-10-19(17(12-16)14-24)31-15-20(27)30-5/h9-10,12,18H,6-8,11,13,15H2,1-5H3,(H,25,28)(H,26,29)/t18-/m0/s1. The number of nitrogens with one attached hydrogen (secondary N) is 2. The molecule has 0 spiro atoms. The first kappa shape index (κ1) is 26.8. The van der Waals surface area contributed by atoms with Gasteiger partial charge in [0.15, 0.2) is 6.61 Å². The number of benzene rings is 1. The molecule has 0 aliphatic heterocycles. The second-order valence-corrected chi connectivity index (χ2v) is 8.21. The first-order valence-corrected chi connectivity index (χ1v) is 10.6. The fraction of sp³-hybridized carbons (Fsp3) is 0.565. The number of nitriles is 1. The Balaban J connectivity index is 2.96. The van der Waals surface area contributed by atoms with Gasteiger partial charge in [-0.2, -0.15) is 5.26 Å². The van der Waals surface area contributed by atoms with Gasteiger partial charge in [-0.15, -0.1) is 0 Å². The van der Waals surface area contributed by atoms with Crippen LogP contribution < -0.4 is 15.4 Å². The molecule has 0 fully saturated rings. The zero-order chi connectivity index (χ0) is 24.1. The summed E-state index contributed by atoms with van der Waals surface area (Å²) in [5.74, 6) is -0.682. The molecule has 9 heteroatoms. The maximum absolute atomic E-state index is 12.7. The molecule has 2 amide bonds. The molecule has 0 aliphatic carbocycles. The molecule has 1 aromatic carbocycles. The van der Waals surface area contributed by atoms with Crippen molar-refractivity contribution in [2.24, 2.45) is 0 Å².